The molecule has 1 aliphatic heterocycles. The van der Waals surface area contributed by atoms with Crippen molar-refractivity contribution in [2.24, 2.45) is 11.8 Å². The molecule has 2 N–H and O–H groups in total. The van der Waals surface area contributed by atoms with Crippen LogP contribution in [0.2, 0.25) is 0 Å². The van der Waals surface area contributed by atoms with E-state index in [0.29, 0.717) is 43.5 Å². The summed E-state index contributed by atoms with van der Waals surface area (Å²) in [6.07, 6.45) is 4.70. The molecule has 3 atom stereocenters. The molecule has 37 heavy (non-hydrogen) atoms. The van der Waals surface area contributed by atoms with Gasteiger partial charge in [0.2, 0.25) is 0 Å². The Balaban J connectivity index is 1.30. The summed E-state index contributed by atoms with van der Waals surface area (Å²) in [5.74, 6) is -2.26. The van der Waals surface area contributed by atoms with Crippen molar-refractivity contribution in [3.63, 3.8) is 0 Å². The van der Waals surface area contributed by atoms with E-state index in [1.807, 2.05) is 18.2 Å². The predicted octanol–water partition coefficient (Wildman–Crippen LogP) is 5.38. The quantitative estimate of drug-likeness (QED) is 0.336. The molecule has 0 radical (unpaired) electrons. The number of fused-ring (bicyclic) bond motifs is 1. The molecular formula is C29H34F2N2O4. The van der Waals surface area contributed by atoms with Gasteiger partial charge >= 0.3 is 5.97 Å². The summed E-state index contributed by atoms with van der Waals surface area (Å²) in [6.45, 7) is 1.97. The van der Waals surface area contributed by atoms with Crippen molar-refractivity contribution in [1.82, 2.24) is 9.88 Å². The standard InChI is InChI=1S/C29H34F2N2O4/c1-37-21-9-10-26-23(17-21)22(12-14-32-26)27(34)11-8-19-13-16-33(18-24(19)29(35)36)15-3-2-5-20-6-4-7-25(30)28(20)31/h4,6-7,9-10,12,14,17,19,24,27,34H,2-3,5,8,11,13,15-16,18H2,1H3,(H,35,36)/t19-,24+,27-/m1/s1. The van der Waals surface area contributed by atoms with Crippen molar-refractivity contribution in [2.75, 3.05) is 26.7 Å². The fourth-order valence-electron chi connectivity index (χ4n) is 5.38. The number of nitrogens with zero attached hydrogens (tertiary/aromatic N) is 2. The normalized spacial score (nSPS) is 19.1. The fraction of sp³-hybridized carbons (Fsp3) is 0.448. The van der Waals surface area contributed by atoms with E-state index in [4.69, 9.17) is 4.74 Å². The smallest absolute Gasteiger partial charge is 0.308 e. The van der Waals surface area contributed by atoms with Crippen molar-refractivity contribution in [2.45, 2.75) is 44.6 Å². The zero-order valence-electron chi connectivity index (χ0n) is 21.1. The minimum absolute atomic E-state index is 0.0209. The Morgan fingerprint density at radius 3 is 2.84 bits per heavy atom. The summed E-state index contributed by atoms with van der Waals surface area (Å²) < 4.78 is 32.5. The number of piperidine rings is 1. The van der Waals surface area contributed by atoms with Gasteiger partial charge in [0, 0.05) is 18.1 Å². The maximum absolute atomic E-state index is 13.8. The molecule has 6 nitrogen and oxygen atoms in total. The van der Waals surface area contributed by atoms with Gasteiger partial charge in [0.25, 0.3) is 0 Å². The molecule has 1 fully saturated rings. The Morgan fingerprint density at radius 1 is 1.22 bits per heavy atom. The van der Waals surface area contributed by atoms with E-state index in [1.54, 1.807) is 25.4 Å². The van der Waals surface area contributed by atoms with Crippen molar-refractivity contribution < 1.29 is 28.5 Å². The van der Waals surface area contributed by atoms with Crippen LogP contribution in [0.5, 0.6) is 5.75 Å². The largest absolute Gasteiger partial charge is 0.497 e. The molecule has 0 spiro atoms. The van der Waals surface area contributed by atoms with Gasteiger partial charge in [0.15, 0.2) is 11.6 Å². The highest BCUT2D eigenvalue weighted by Crippen LogP contribution is 2.34. The van der Waals surface area contributed by atoms with Gasteiger partial charge in [-0.25, -0.2) is 8.78 Å². The third-order valence-corrected chi connectivity index (χ3v) is 7.51. The number of aryl methyl sites for hydroxylation is 1. The third kappa shape index (κ3) is 6.62. The number of ether oxygens (including phenoxy) is 1. The molecule has 2 heterocycles. The molecule has 0 unspecified atom stereocenters. The molecule has 4 rings (SSSR count). The first kappa shape index (κ1) is 26.9. The summed E-state index contributed by atoms with van der Waals surface area (Å²) in [6, 6.07) is 11.6. The van der Waals surface area contributed by atoms with E-state index in [9.17, 15) is 23.8 Å². The third-order valence-electron chi connectivity index (χ3n) is 7.51. The Bertz CT molecular complexity index is 1220. The van der Waals surface area contributed by atoms with Gasteiger partial charge in [-0.05, 0) is 99.0 Å². The summed E-state index contributed by atoms with van der Waals surface area (Å²) in [5, 5.41) is 21.7. The van der Waals surface area contributed by atoms with Gasteiger partial charge in [0.05, 0.1) is 24.6 Å². The first-order chi connectivity index (χ1) is 17.9. The first-order valence-electron chi connectivity index (χ1n) is 12.9. The second-order valence-electron chi connectivity index (χ2n) is 9.84. The Morgan fingerprint density at radius 2 is 2.05 bits per heavy atom. The molecule has 3 aromatic rings. The van der Waals surface area contributed by atoms with Crippen molar-refractivity contribution >= 4 is 16.9 Å². The lowest BCUT2D eigenvalue weighted by atomic mass is 9.81. The van der Waals surface area contributed by atoms with E-state index in [0.717, 1.165) is 48.5 Å². The van der Waals surface area contributed by atoms with Crippen LogP contribution in [0.4, 0.5) is 8.78 Å². The van der Waals surface area contributed by atoms with E-state index in [1.165, 1.54) is 6.07 Å². The number of likely N-dealkylation sites (tertiary alicyclic amines) is 1. The number of hydrogen-bond donors (Lipinski definition) is 2. The lowest BCUT2D eigenvalue weighted by molar-refractivity contribution is -0.146. The van der Waals surface area contributed by atoms with Crippen LogP contribution in [-0.4, -0.2) is 52.8 Å². The number of hydrogen-bond acceptors (Lipinski definition) is 5. The monoisotopic (exact) mass is 512 g/mol. The summed E-state index contributed by atoms with van der Waals surface area (Å²) >= 11 is 0. The lowest BCUT2D eigenvalue weighted by Gasteiger charge is -2.37. The van der Waals surface area contributed by atoms with Gasteiger partial charge in [-0.15, -0.1) is 0 Å². The number of carboxylic acids is 1. The van der Waals surface area contributed by atoms with Crippen molar-refractivity contribution in [3.8, 4) is 5.75 Å². The molecule has 198 valence electrons. The van der Waals surface area contributed by atoms with Crippen LogP contribution in [0.25, 0.3) is 10.9 Å². The molecule has 1 aromatic heterocycles. The number of unbranched alkanes of at least 4 members (excludes halogenated alkanes) is 1. The number of rotatable bonds is 11. The summed E-state index contributed by atoms with van der Waals surface area (Å²) in [5.41, 5.74) is 1.92. The highest BCUT2D eigenvalue weighted by molar-refractivity contribution is 5.83. The molecule has 0 bridgehead atoms. The van der Waals surface area contributed by atoms with E-state index >= 15 is 0 Å². The van der Waals surface area contributed by atoms with Crippen LogP contribution in [0.3, 0.4) is 0 Å². The SMILES string of the molecule is COc1ccc2nccc([C@H](O)CC[C@@H]3CCN(CCCCc4cccc(F)c4F)C[C@@H]3C(=O)O)c2c1. The fourth-order valence-corrected chi connectivity index (χ4v) is 5.38. The maximum atomic E-state index is 13.8. The van der Waals surface area contributed by atoms with Crippen LogP contribution >= 0.6 is 0 Å². The van der Waals surface area contributed by atoms with Crippen LogP contribution in [-0.2, 0) is 11.2 Å². The number of methoxy groups -OCH3 is 1. The van der Waals surface area contributed by atoms with Crippen LogP contribution in [0.1, 0.15) is 49.3 Å². The van der Waals surface area contributed by atoms with Crippen LogP contribution in [0, 0.1) is 23.5 Å². The molecule has 1 aliphatic rings. The van der Waals surface area contributed by atoms with Gasteiger partial charge in [0.1, 0.15) is 5.75 Å². The molecule has 0 amide bonds. The van der Waals surface area contributed by atoms with E-state index < -0.39 is 29.6 Å². The average molecular weight is 513 g/mol. The van der Waals surface area contributed by atoms with Gasteiger partial charge < -0.3 is 19.8 Å². The molecule has 1 saturated heterocycles. The second-order valence-corrected chi connectivity index (χ2v) is 9.84. The van der Waals surface area contributed by atoms with E-state index in [2.05, 4.69) is 9.88 Å². The number of carbonyl (C=O) groups is 1. The molecule has 8 heteroatoms. The van der Waals surface area contributed by atoms with Crippen LogP contribution < -0.4 is 4.74 Å². The Kier molecular flexibility index (Phi) is 9.05. The number of benzene rings is 2. The van der Waals surface area contributed by atoms with E-state index in [-0.39, 0.29) is 5.92 Å². The zero-order chi connectivity index (χ0) is 26.4. The van der Waals surface area contributed by atoms with Crippen molar-refractivity contribution in [3.05, 3.63) is 71.4 Å². The zero-order valence-corrected chi connectivity index (χ0v) is 21.1. The highest BCUT2D eigenvalue weighted by atomic mass is 19.2. The highest BCUT2D eigenvalue weighted by Gasteiger charge is 2.34. The number of halogens is 2. The number of aliphatic carboxylic acids is 1. The average Bonchev–Trinajstić information content (AvgIpc) is 2.91. The van der Waals surface area contributed by atoms with Crippen molar-refractivity contribution in [1.29, 1.82) is 0 Å². The molecule has 0 saturated carbocycles. The number of pyridine rings is 1. The Labute approximate surface area is 215 Å². The molecule has 2 aromatic carbocycles. The minimum atomic E-state index is -0.828. The van der Waals surface area contributed by atoms with Crippen LogP contribution in [0.15, 0.2) is 48.7 Å². The lowest BCUT2D eigenvalue weighted by Crippen LogP contribution is -2.44. The first-order valence-corrected chi connectivity index (χ1v) is 12.9. The number of aliphatic hydroxyl groups is 1. The number of aromatic nitrogens is 1. The predicted molar refractivity (Wildman–Crippen MR) is 137 cm³/mol. The maximum Gasteiger partial charge on any atom is 0.308 e. The van der Waals surface area contributed by atoms with Gasteiger partial charge in [-0.2, -0.15) is 0 Å². The van der Waals surface area contributed by atoms with Gasteiger partial charge in [-0.3, -0.25) is 9.78 Å². The summed E-state index contributed by atoms with van der Waals surface area (Å²) in [4.78, 5) is 18.6. The Hall–Kier alpha value is -3.10. The topological polar surface area (TPSA) is 82.9 Å². The minimum Gasteiger partial charge on any atom is -0.497 e. The molecular weight excluding hydrogens is 478 g/mol. The number of aliphatic hydroxyl groups excluding tert-OH is 1. The van der Waals surface area contributed by atoms with Gasteiger partial charge in [-0.1, -0.05) is 12.1 Å². The summed E-state index contributed by atoms with van der Waals surface area (Å²) in [7, 11) is 1.59. The number of carboxylic acid groups (broad SMARTS) is 1. The molecule has 0 aliphatic carbocycles. The second kappa shape index (κ2) is 12.4.